The van der Waals surface area contributed by atoms with Crippen molar-refractivity contribution in [2.45, 2.75) is 95.0 Å². The van der Waals surface area contributed by atoms with Crippen molar-refractivity contribution < 1.29 is 75.3 Å². The Morgan fingerprint density at radius 2 is 1.75 bits per heavy atom. The highest BCUT2D eigenvalue weighted by molar-refractivity contribution is 8.77. The Labute approximate surface area is 422 Å². The first-order valence-electron chi connectivity index (χ1n) is 22.2. The summed E-state index contributed by atoms with van der Waals surface area (Å²) in [6.45, 7) is 5.51. The topological polar surface area (TPSA) is 347 Å². The number of hydrogen-bond donors (Lipinski definition) is 8. The number of phosphoric ester groups is 1. The lowest BCUT2D eigenvalue weighted by Gasteiger charge is -2.22. The number of fused-ring (bicyclic) bond motifs is 1. The van der Waals surface area contributed by atoms with Gasteiger partial charge in [0.15, 0.2) is 0 Å². The van der Waals surface area contributed by atoms with E-state index in [-0.39, 0.29) is 47.0 Å². The highest BCUT2D eigenvalue weighted by Gasteiger charge is 2.44. The van der Waals surface area contributed by atoms with Crippen molar-refractivity contribution in [3.8, 4) is 17.6 Å². The molecule has 3 heterocycles. The van der Waals surface area contributed by atoms with Crippen LogP contribution in [0, 0.1) is 11.8 Å². The van der Waals surface area contributed by atoms with E-state index in [4.69, 9.17) is 34.3 Å². The number of nitrogens with one attached hydrogen (secondary N) is 2. The summed E-state index contributed by atoms with van der Waals surface area (Å²) < 4.78 is 67.5. The molecule has 1 saturated heterocycles. The largest absolute Gasteiger partial charge is 0.506 e. The van der Waals surface area contributed by atoms with E-state index in [0.29, 0.717) is 40.8 Å². The number of aromatic hydroxyl groups is 1. The third-order valence-corrected chi connectivity index (χ3v) is 17.1. The van der Waals surface area contributed by atoms with E-state index in [2.05, 4.69) is 63.4 Å². The number of ether oxygens (including phenoxy) is 3. The second-order valence-corrected chi connectivity index (χ2v) is 24.5. The number of rotatable bonds is 20. The number of hydrogen-bond acceptors (Lipinski definition) is 19. The van der Waals surface area contributed by atoms with Crippen LogP contribution in [0.2, 0.25) is 0 Å². The molecule has 0 radical (unpaired) electrons. The average molecular weight is 1100 g/mol. The van der Waals surface area contributed by atoms with Crippen LogP contribution in [-0.4, -0.2) is 99.9 Å². The van der Waals surface area contributed by atoms with Gasteiger partial charge in [-0.05, 0) is 80.5 Å². The first-order valence-corrected chi connectivity index (χ1v) is 29.0. The first-order chi connectivity index (χ1) is 34.0. The minimum Gasteiger partial charge on any atom is -0.506 e. The Kier molecular flexibility index (Phi) is 20.1. The molecule has 6 rings (SSSR count). The Balaban J connectivity index is 1.05. The SMILES string of the molecule is CC(C)(C)SSCOC1C[C@H](n2cc(C#CCNC(=O)c3ccc(/N=N/c4cc(CCNC(=O)OC5CC/C=C/CCC5)ccc4O)cc3)c3c(N)ncnc32)O[C@@H]1COP(=O)(O)OP(=O)(O)OP(=O)(O)O. The molecule has 9 N–H and O–H groups in total. The predicted molar refractivity (Wildman–Crippen MR) is 267 cm³/mol. The molecule has 24 nitrogen and oxygen atoms in total. The van der Waals surface area contributed by atoms with E-state index in [1.54, 1.807) is 58.0 Å². The maximum atomic E-state index is 13.1. The Morgan fingerprint density at radius 1 is 0.986 bits per heavy atom. The number of carbonyl (C=O) groups excluding carboxylic acids is 2. The number of anilines is 1. The van der Waals surface area contributed by atoms with E-state index >= 15 is 0 Å². The summed E-state index contributed by atoms with van der Waals surface area (Å²) in [7, 11) is -13.9. The zero-order valence-corrected chi connectivity index (χ0v) is 43.5. The van der Waals surface area contributed by atoms with Crippen molar-refractivity contribution >= 4 is 85.3 Å². The molecule has 0 saturated carbocycles. The number of nitrogens with two attached hydrogens (primary N) is 1. The summed E-state index contributed by atoms with van der Waals surface area (Å²) in [6.07, 6.45) is 8.78. The lowest BCUT2D eigenvalue weighted by molar-refractivity contribution is -0.0520. The summed E-state index contributed by atoms with van der Waals surface area (Å²) in [5, 5.41) is 24.7. The smallest absolute Gasteiger partial charge is 0.490 e. The van der Waals surface area contributed by atoms with Gasteiger partial charge in [0.1, 0.15) is 53.6 Å². The van der Waals surface area contributed by atoms with Crippen LogP contribution in [0.4, 0.5) is 22.0 Å². The first kappa shape index (κ1) is 56.6. The van der Waals surface area contributed by atoms with Gasteiger partial charge in [-0.2, -0.15) is 13.7 Å². The molecule has 1 aliphatic carbocycles. The molecule has 1 aliphatic heterocycles. The van der Waals surface area contributed by atoms with Crippen molar-refractivity contribution in [1.29, 1.82) is 0 Å². The highest BCUT2D eigenvalue weighted by Crippen LogP contribution is 2.66. The number of aromatic nitrogens is 3. The minimum absolute atomic E-state index is 0.0847. The third kappa shape index (κ3) is 18.1. The Morgan fingerprint density at radius 3 is 2.50 bits per heavy atom. The number of azo groups is 1. The fraction of sp³-hybridized carbons (Fsp3) is 0.442. The standard InChI is InChI=1S/C43H55N8O16P3S2/c1-43(2,3)72-71-27-62-35-23-37(65-36(35)25-63-69(58,59)67-70(60,61)66-68(55,56)57)51-24-30(38-39(44)47-26-48-40(38)51)10-9-20-45-41(53)29-14-16-31(17-15-29)49-50-33-22-28(13-18-34(33)52)19-21-46-42(54)64-32-11-7-5-4-6-8-12-32/h4-5,13-18,22,24,26,32,35-37,52H,6-8,11-12,19-21,23,25,27H2,1-3H3,(H,45,53)(H,46,54)(H,58,59)(H,60,61)(H2,44,47,48)(H2,55,56,57)/b5-4+,50-49+/t32?,35?,36-,37-/m1/s1. The molecule has 0 bridgehead atoms. The normalized spacial score (nSPS) is 20.7. The molecule has 1 fully saturated rings. The van der Waals surface area contributed by atoms with Crippen LogP contribution < -0.4 is 16.4 Å². The second-order valence-electron chi connectivity index (χ2n) is 17.0. The zero-order chi connectivity index (χ0) is 52.1. The minimum atomic E-state index is -5.77. The van der Waals surface area contributed by atoms with Gasteiger partial charge >= 0.3 is 29.6 Å². The number of allylic oxidation sites excluding steroid dienone is 2. The number of alkyl carbamates (subject to hydrolysis) is 1. The predicted octanol–water partition coefficient (Wildman–Crippen LogP) is 8.23. The van der Waals surface area contributed by atoms with Crippen molar-refractivity contribution in [3.05, 3.63) is 83.8 Å². The van der Waals surface area contributed by atoms with Gasteiger partial charge in [-0.1, -0.05) is 72.4 Å². The highest BCUT2D eigenvalue weighted by atomic mass is 33.1. The molecule has 4 unspecified atom stereocenters. The van der Waals surface area contributed by atoms with Gasteiger partial charge in [0.2, 0.25) is 0 Å². The number of nitrogens with zero attached hydrogens (tertiary/aromatic N) is 5. The molecular formula is C43H55N8O16P3S2. The maximum Gasteiger partial charge on any atom is 0.490 e. The molecule has 2 amide bonds. The van der Waals surface area contributed by atoms with Gasteiger partial charge in [0, 0.05) is 29.5 Å². The number of amides is 2. The van der Waals surface area contributed by atoms with Gasteiger partial charge in [0.25, 0.3) is 5.91 Å². The molecule has 6 atom stereocenters. The van der Waals surface area contributed by atoms with E-state index in [0.717, 1.165) is 37.7 Å². The maximum absolute atomic E-state index is 13.1. The zero-order valence-electron chi connectivity index (χ0n) is 39.1. The van der Waals surface area contributed by atoms with Gasteiger partial charge in [-0.15, -0.1) is 5.11 Å². The van der Waals surface area contributed by atoms with Crippen LogP contribution in [-0.2, 0) is 47.5 Å². The van der Waals surface area contributed by atoms with Crippen LogP contribution >= 0.6 is 45.1 Å². The monoisotopic (exact) mass is 1100 g/mol. The molecule has 390 valence electrons. The van der Waals surface area contributed by atoms with Crippen LogP contribution in [0.5, 0.6) is 5.75 Å². The molecular weight excluding hydrogens is 1040 g/mol. The Hall–Kier alpha value is -4.67. The molecule has 2 aromatic carbocycles. The van der Waals surface area contributed by atoms with Crippen molar-refractivity contribution in [3.63, 3.8) is 0 Å². The molecule has 4 aromatic rings. The number of phenolic OH excluding ortho intramolecular Hbond substituents is 1. The molecule has 2 aliphatic rings. The van der Waals surface area contributed by atoms with Crippen LogP contribution in [0.25, 0.3) is 11.0 Å². The van der Waals surface area contributed by atoms with E-state index < -0.39 is 60.5 Å². The fourth-order valence-electron chi connectivity index (χ4n) is 7.11. The number of nitrogen functional groups attached to an aromatic ring is 1. The quantitative estimate of drug-likeness (QED) is 0.00785. The molecule has 29 heteroatoms. The lowest BCUT2D eigenvalue weighted by Crippen LogP contribution is -2.30. The van der Waals surface area contributed by atoms with Crippen molar-refractivity contribution in [2.24, 2.45) is 10.2 Å². The summed E-state index contributed by atoms with van der Waals surface area (Å²) >= 11 is 0. The summed E-state index contributed by atoms with van der Waals surface area (Å²) in [6, 6.07) is 11.2. The number of carbonyl (C=O) groups is 2. The number of benzene rings is 2. The molecule has 2 aromatic heterocycles. The van der Waals surface area contributed by atoms with Gasteiger partial charge in [0.05, 0.1) is 35.9 Å². The Bertz CT molecular complexity index is 2820. The number of phenols is 1. The summed E-state index contributed by atoms with van der Waals surface area (Å²) in [4.78, 5) is 71.4. The van der Waals surface area contributed by atoms with Gasteiger partial charge in [-0.25, -0.2) is 28.5 Å². The van der Waals surface area contributed by atoms with Crippen molar-refractivity contribution in [1.82, 2.24) is 25.2 Å². The number of phosphoric acid groups is 3. The summed E-state index contributed by atoms with van der Waals surface area (Å²) in [5.74, 6) is 5.60. The molecule has 72 heavy (non-hydrogen) atoms. The van der Waals surface area contributed by atoms with E-state index in [9.17, 15) is 38.2 Å². The summed E-state index contributed by atoms with van der Waals surface area (Å²) in [5.41, 5.74) is 8.70. The fourth-order valence-corrected chi connectivity index (χ4v) is 12.1. The van der Waals surface area contributed by atoms with E-state index in [1.807, 2.05) is 20.8 Å². The van der Waals surface area contributed by atoms with Crippen molar-refractivity contribution in [2.75, 3.05) is 31.4 Å². The lowest BCUT2D eigenvalue weighted by atomic mass is 10.0. The average Bonchev–Trinajstić information content (AvgIpc) is 3.87. The van der Waals surface area contributed by atoms with Crippen LogP contribution in [0.15, 0.2) is 77.4 Å². The molecule has 0 spiro atoms. The van der Waals surface area contributed by atoms with Gasteiger partial charge in [-0.3, -0.25) is 9.32 Å². The third-order valence-electron chi connectivity index (χ3n) is 10.3. The van der Waals surface area contributed by atoms with Crippen LogP contribution in [0.3, 0.4) is 0 Å². The van der Waals surface area contributed by atoms with Crippen LogP contribution in [0.1, 0.15) is 87.0 Å². The van der Waals surface area contributed by atoms with Gasteiger partial charge < -0.3 is 59.8 Å². The van der Waals surface area contributed by atoms with E-state index in [1.165, 1.54) is 23.2 Å². The second kappa shape index (κ2) is 25.5.